The highest BCUT2D eigenvalue weighted by Gasteiger charge is 2.35. The van der Waals surface area contributed by atoms with Gasteiger partial charge in [-0.05, 0) is 36.8 Å². The molecule has 4 nitrogen and oxygen atoms in total. The van der Waals surface area contributed by atoms with Crippen molar-refractivity contribution in [2.24, 2.45) is 0 Å². The minimum atomic E-state index is -1.01. The van der Waals surface area contributed by atoms with Gasteiger partial charge >= 0.3 is 5.97 Å². The molecule has 0 radical (unpaired) electrons. The highest BCUT2D eigenvalue weighted by molar-refractivity contribution is 5.80. The Balaban J connectivity index is 2.02. The van der Waals surface area contributed by atoms with Crippen molar-refractivity contribution in [3.8, 4) is 5.75 Å². The van der Waals surface area contributed by atoms with E-state index in [1.54, 1.807) is 19.1 Å². The zero-order chi connectivity index (χ0) is 16.7. The van der Waals surface area contributed by atoms with Crippen LogP contribution in [0, 0.1) is 5.82 Å². The molecule has 1 N–H and O–H groups in total. The molecule has 0 bridgehead atoms. The van der Waals surface area contributed by atoms with Gasteiger partial charge in [0.2, 0.25) is 0 Å². The lowest BCUT2D eigenvalue weighted by molar-refractivity contribution is -0.149. The summed E-state index contributed by atoms with van der Waals surface area (Å²) < 4.78 is 23.5. The summed E-state index contributed by atoms with van der Waals surface area (Å²) in [6.07, 6.45) is 0. The van der Waals surface area contributed by atoms with E-state index in [2.05, 4.69) is 5.32 Å². The summed E-state index contributed by atoms with van der Waals surface area (Å²) in [4.78, 5) is 12.1. The van der Waals surface area contributed by atoms with Gasteiger partial charge in [-0.3, -0.25) is 5.32 Å². The number of carbonyl (C=O) groups is 1. The molecular formula is C18H20FNO3. The van der Waals surface area contributed by atoms with Gasteiger partial charge in [0.05, 0.1) is 7.11 Å². The normalized spacial score (nSPS) is 13.2. The summed E-state index contributed by atoms with van der Waals surface area (Å²) in [5.74, 6) is -0.0429. The van der Waals surface area contributed by atoms with E-state index in [9.17, 15) is 9.18 Å². The maximum Gasteiger partial charge on any atom is 0.329 e. The summed E-state index contributed by atoms with van der Waals surface area (Å²) >= 11 is 0. The Morgan fingerprint density at radius 1 is 1.13 bits per heavy atom. The number of para-hydroxylation sites is 1. The van der Waals surface area contributed by atoms with Gasteiger partial charge in [0, 0.05) is 6.54 Å². The number of hydrogen-bond donors (Lipinski definition) is 1. The molecule has 0 heterocycles. The first-order chi connectivity index (χ1) is 11.0. The van der Waals surface area contributed by atoms with Crippen molar-refractivity contribution >= 4 is 5.97 Å². The van der Waals surface area contributed by atoms with Crippen LogP contribution in [0.15, 0.2) is 54.6 Å². The molecule has 0 aromatic heterocycles. The third kappa shape index (κ3) is 4.79. The van der Waals surface area contributed by atoms with E-state index in [4.69, 9.17) is 9.47 Å². The number of methoxy groups -OCH3 is 1. The maximum absolute atomic E-state index is 12.9. The highest BCUT2D eigenvalue weighted by atomic mass is 19.1. The molecule has 2 aromatic carbocycles. The molecule has 0 saturated carbocycles. The SMILES string of the molecule is COC(=O)C(C)(COc1ccccc1)NCc1ccc(F)cc1. The Labute approximate surface area is 135 Å². The molecule has 0 fully saturated rings. The fourth-order valence-corrected chi connectivity index (χ4v) is 2.05. The lowest BCUT2D eigenvalue weighted by Crippen LogP contribution is -2.54. The van der Waals surface area contributed by atoms with E-state index in [0.717, 1.165) is 5.56 Å². The molecule has 0 aliphatic rings. The molecule has 2 aromatic rings. The lowest BCUT2D eigenvalue weighted by Gasteiger charge is -2.28. The maximum atomic E-state index is 12.9. The van der Waals surface area contributed by atoms with E-state index in [-0.39, 0.29) is 12.4 Å². The van der Waals surface area contributed by atoms with E-state index in [1.807, 2.05) is 30.3 Å². The average molecular weight is 317 g/mol. The monoisotopic (exact) mass is 317 g/mol. The molecule has 1 atom stereocenters. The van der Waals surface area contributed by atoms with E-state index in [0.29, 0.717) is 12.3 Å². The van der Waals surface area contributed by atoms with E-state index in [1.165, 1.54) is 19.2 Å². The zero-order valence-electron chi connectivity index (χ0n) is 13.2. The van der Waals surface area contributed by atoms with Crippen LogP contribution in [0.4, 0.5) is 4.39 Å². The summed E-state index contributed by atoms with van der Waals surface area (Å²) in [7, 11) is 1.34. The Kier molecular flexibility index (Phi) is 5.71. The smallest absolute Gasteiger partial charge is 0.329 e. The van der Waals surface area contributed by atoms with Crippen molar-refractivity contribution in [3.63, 3.8) is 0 Å². The van der Waals surface area contributed by atoms with Crippen LogP contribution in [-0.4, -0.2) is 25.2 Å². The molecule has 2 rings (SSSR count). The van der Waals surface area contributed by atoms with Crippen molar-refractivity contribution in [1.29, 1.82) is 0 Å². The van der Waals surface area contributed by atoms with Gasteiger partial charge in [-0.25, -0.2) is 9.18 Å². The van der Waals surface area contributed by atoms with Gasteiger partial charge in [0.15, 0.2) is 0 Å². The number of nitrogens with one attached hydrogen (secondary N) is 1. The van der Waals surface area contributed by atoms with Crippen molar-refractivity contribution in [2.75, 3.05) is 13.7 Å². The fourth-order valence-electron chi connectivity index (χ4n) is 2.05. The zero-order valence-corrected chi connectivity index (χ0v) is 13.2. The molecule has 0 spiro atoms. The quantitative estimate of drug-likeness (QED) is 0.798. The predicted molar refractivity (Wildman–Crippen MR) is 85.6 cm³/mol. The van der Waals surface area contributed by atoms with Crippen LogP contribution in [0.3, 0.4) is 0 Å². The average Bonchev–Trinajstić information content (AvgIpc) is 2.59. The fraction of sp³-hybridized carbons (Fsp3) is 0.278. The molecule has 122 valence electrons. The summed E-state index contributed by atoms with van der Waals surface area (Å²) in [6.45, 7) is 2.22. The molecule has 0 saturated heterocycles. The topological polar surface area (TPSA) is 47.6 Å². The van der Waals surface area contributed by atoms with Gasteiger partial charge in [-0.1, -0.05) is 30.3 Å². The third-order valence-electron chi connectivity index (χ3n) is 3.50. The Hall–Kier alpha value is -2.40. The Bertz CT molecular complexity index is 630. The van der Waals surface area contributed by atoms with Crippen molar-refractivity contribution in [2.45, 2.75) is 19.0 Å². The highest BCUT2D eigenvalue weighted by Crippen LogP contribution is 2.14. The van der Waals surface area contributed by atoms with Crippen LogP contribution >= 0.6 is 0 Å². The summed E-state index contributed by atoms with van der Waals surface area (Å²) in [5, 5.41) is 3.13. The van der Waals surface area contributed by atoms with E-state index < -0.39 is 11.5 Å². The Morgan fingerprint density at radius 3 is 2.39 bits per heavy atom. The molecule has 23 heavy (non-hydrogen) atoms. The number of esters is 1. The summed E-state index contributed by atoms with van der Waals surface area (Å²) in [6, 6.07) is 15.3. The summed E-state index contributed by atoms with van der Waals surface area (Å²) in [5.41, 5.74) is -0.153. The largest absolute Gasteiger partial charge is 0.491 e. The lowest BCUT2D eigenvalue weighted by atomic mass is 10.0. The molecule has 0 aliphatic carbocycles. The first-order valence-electron chi connectivity index (χ1n) is 7.29. The molecule has 0 aliphatic heterocycles. The second-order valence-corrected chi connectivity index (χ2v) is 5.41. The Morgan fingerprint density at radius 2 is 1.78 bits per heavy atom. The van der Waals surface area contributed by atoms with Gasteiger partial charge in [0.25, 0.3) is 0 Å². The van der Waals surface area contributed by atoms with Crippen LogP contribution in [0.1, 0.15) is 12.5 Å². The first kappa shape index (κ1) is 17.0. The van der Waals surface area contributed by atoms with Gasteiger partial charge in [-0.15, -0.1) is 0 Å². The minimum Gasteiger partial charge on any atom is -0.491 e. The van der Waals surface area contributed by atoms with Crippen LogP contribution < -0.4 is 10.1 Å². The second kappa shape index (κ2) is 7.74. The van der Waals surface area contributed by atoms with Crippen molar-refractivity contribution < 1.29 is 18.7 Å². The minimum absolute atomic E-state index is 0.116. The van der Waals surface area contributed by atoms with Gasteiger partial charge < -0.3 is 9.47 Å². The number of ether oxygens (including phenoxy) is 2. The van der Waals surface area contributed by atoms with Gasteiger partial charge in [-0.2, -0.15) is 0 Å². The second-order valence-electron chi connectivity index (χ2n) is 5.41. The number of carbonyl (C=O) groups excluding carboxylic acids is 1. The van der Waals surface area contributed by atoms with Gasteiger partial charge in [0.1, 0.15) is 23.7 Å². The van der Waals surface area contributed by atoms with Crippen LogP contribution in [0.5, 0.6) is 5.75 Å². The van der Waals surface area contributed by atoms with E-state index >= 15 is 0 Å². The predicted octanol–water partition coefficient (Wildman–Crippen LogP) is 2.93. The van der Waals surface area contributed by atoms with Crippen LogP contribution in [0.2, 0.25) is 0 Å². The standard InChI is InChI=1S/C18H20FNO3/c1-18(17(21)22-2,13-23-16-6-4-3-5-7-16)20-12-14-8-10-15(19)11-9-14/h3-11,20H,12-13H2,1-2H3. The third-order valence-corrected chi connectivity index (χ3v) is 3.50. The number of benzene rings is 2. The number of hydrogen-bond acceptors (Lipinski definition) is 4. The first-order valence-corrected chi connectivity index (χ1v) is 7.29. The molecule has 1 unspecified atom stereocenters. The molecular weight excluding hydrogens is 297 g/mol. The molecule has 0 amide bonds. The van der Waals surface area contributed by atoms with Crippen LogP contribution in [0.25, 0.3) is 0 Å². The van der Waals surface area contributed by atoms with Crippen molar-refractivity contribution in [1.82, 2.24) is 5.32 Å². The molecule has 5 heteroatoms. The number of rotatable bonds is 7. The van der Waals surface area contributed by atoms with Crippen molar-refractivity contribution in [3.05, 3.63) is 66.0 Å². The van der Waals surface area contributed by atoms with Crippen LogP contribution in [-0.2, 0) is 16.1 Å². The number of halogens is 1.